The van der Waals surface area contributed by atoms with E-state index in [9.17, 15) is 9.59 Å². The van der Waals surface area contributed by atoms with Gasteiger partial charge >= 0.3 is 0 Å². The smallest absolute Gasteiger partial charge is 0.239 e. The molecule has 2 heterocycles. The Morgan fingerprint density at radius 2 is 2.05 bits per heavy atom. The summed E-state index contributed by atoms with van der Waals surface area (Å²) in [5.74, 6) is 0.536. The highest BCUT2D eigenvalue weighted by Gasteiger charge is 2.29. The van der Waals surface area contributed by atoms with E-state index in [1.165, 1.54) is 0 Å². The Labute approximate surface area is 120 Å². The average molecular weight is 282 g/mol. The molecule has 2 aliphatic heterocycles. The lowest BCUT2D eigenvalue weighted by Gasteiger charge is -2.31. The number of nitrogens with zero attached hydrogens (tertiary/aromatic N) is 2. The molecule has 0 bridgehead atoms. The summed E-state index contributed by atoms with van der Waals surface area (Å²) in [4.78, 5) is 27.5. The number of rotatable bonds is 3. The Balaban J connectivity index is 1.86. The quantitative estimate of drug-likeness (QED) is 0.724. The summed E-state index contributed by atoms with van der Waals surface area (Å²) in [6.07, 6.45) is 2.98. The number of carbonyl (C=O) groups is 2. The molecule has 114 valence electrons. The van der Waals surface area contributed by atoms with E-state index >= 15 is 0 Å². The van der Waals surface area contributed by atoms with Crippen molar-refractivity contribution in [2.45, 2.75) is 32.2 Å². The van der Waals surface area contributed by atoms with Crippen molar-refractivity contribution in [1.82, 2.24) is 15.1 Å². The molecule has 0 aromatic carbocycles. The maximum absolute atomic E-state index is 12.5. The zero-order chi connectivity index (χ0) is 14.5. The number of piperidine rings is 1. The largest absolute Gasteiger partial charge is 0.369 e. The van der Waals surface area contributed by atoms with Crippen LogP contribution in [0.25, 0.3) is 0 Å². The van der Waals surface area contributed by atoms with Gasteiger partial charge in [0.25, 0.3) is 0 Å². The number of nitrogens with one attached hydrogen (secondary N) is 1. The van der Waals surface area contributed by atoms with Gasteiger partial charge in [0.15, 0.2) is 0 Å². The molecule has 2 saturated heterocycles. The minimum atomic E-state index is -0.299. The van der Waals surface area contributed by atoms with Gasteiger partial charge in [0.2, 0.25) is 11.8 Å². The standard InChI is InChI=1S/C14H26N4O2/c1-11-3-4-16-12(9-11)14(20)18-6-2-5-17(7-8-18)10-13(15)19/h11-12,16H,2-10H2,1H3,(H2,15,19). The molecule has 20 heavy (non-hydrogen) atoms. The van der Waals surface area contributed by atoms with Crippen molar-refractivity contribution in [2.24, 2.45) is 11.7 Å². The van der Waals surface area contributed by atoms with Crippen LogP contribution in [0.4, 0.5) is 0 Å². The van der Waals surface area contributed by atoms with Crippen LogP contribution < -0.4 is 11.1 Å². The van der Waals surface area contributed by atoms with Crippen LogP contribution in [0.1, 0.15) is 26.2 Å². The van der Waals surface area contributed by atoms with Crippen LogP contribution in [0.15, 0.2) is 0 Å². The first-order valence-corrected chi connectivity index (χ1v) is 7.59. The molecule has 0 saturated carbocycles. The van der Waals surface area contributed by atoms with E-state index in [1.807, 2.05) is 9.80 Å². The third-order valence-corrected chi connectivity index (χ3v) is 4.24. The van der Waals surface area contributed by atoms with E-state index in [2.05, 4.69) is 12.2 Å². The second-order valence-corrected chi connectivity index (χ2v) is 6.06. The van der Waals surface area contributed by atoms with Crippen molar-refractivity contribution in [3.8, 4) is 0 Å². The number of carbonyl (C=O) groups excluding carboxylic acids is 2. The van der Waals surface area contributed by atoms with Crippen molar-refractivity contribution in [2.75, 3.05) is 39.3 Å². The molecule has 0 aromatic heterocycles. The fourth-order valence-corrected chi connectivity index (χ4v) is 3.09. The normalized spacial score (nSPS) is 28.9. The Kier molecular flexibility index (Phi) is 5.37. The van der Waals surface area contributed by atoms with Crippen molar-refractivity contribution >= 4 is 11.8 Å². The van der Waals surface area contributed by atoms with Gasteiger partial charge in [0, 0.05) is 26.2 Å². The van der Waals surface area contributed by atoms with Crippen molar-refractivity contribution in [1.29, 1.82) is 0 Å². The first-order valence-electron chi connectivity index (χ1n) is 7.59. The highest BCUT2D eigenvalue weighted by molar-refractivity contribution is 5.82. The summed E-state index contributed by atoms with van der Waals surface area (Å²) in [6, 6.07) is -0.0264. The molecule has 2 unspecified atom stereocenters. The van der Waals surface area contributed by atoms with E-state index in [0.29, 0.717) is 19.0 Å². The fourth-order valence-electron chi connectivity index (χ4n) is 3.09. The van der Waals surface area contributed by atoms with Gasteiger partial charge < -0.3 is 16.0 Å². The lowest BCUT2D eigenvalue weighted by atomic mass is 9.93. The van der Waals surface area contributed by atoms with Crippen LogP contribution in [0, 0.1) is 5.92 Å². The molecule has 2 rings (SSSR count). The SMILES string of the molecule is CC1CCNC(C(=O)N2CCCN(CC(N)=O)CC2)C1. The fraction of sp³-hybridized carbons (Fsp3) is 0.857. The zero-order valence-corrected chi connectivity index (χ0v) is 12.3. The summed E-state index contributed by atoms with van der Waals surface area (Å²) >= 11 is 0. The van der Waals surface area contributed by atoms with Gasteiger partial charge in [-0.15, -0.1) is 0 Å². The Morgan fingerprint density at radius 1 is 1.25 bits per heavy atom. The molecule has 0 spiro atoms. The molecular formula is C14H26N4O2. The molecule has 6 nitrogen and oxygen atoms in total. The van der Waals surface area contributed by atoms with Crippen molar-refractivity contribution in [3.63, 3.8) is 0 Å². The van der Waals surface area contributed by atoms with Crippen molar-refractivity contribution < 1.29 is 9.59 Å². The second kappa shape index (κ2) is 7.04. The monoisotopic (exact) mass is 282 g/mol. The molecular weight excluding hydrogens is 256 g/mol. The lowest BCUT2D eigenvalue weighted by Crippen LogP contribution is -2.50. The van der Waals surface area contributed by atoms with Gasteiger partial charge in [-0.2, -0.15) is 0 Å². The summed E-state index contributed by atoms with van der Waals surface area (Å²) in [5.41, 5.74) is 5.23. The average Bonchev–Trinajstić information content (AvgIpc) is 2.63. The van der Waals surface area contributed by atoms with Crippen LogP contribution >= 0.6 is 0 Å². The molecule has 0 radical (unpaired) electrons. The van der Waals surface area contributed by atoms with Gasteiger partial charge in [-0.3, -0.25) is 14.5 Å². The minimum absolute atomic E-state index is 0.0264. The first-order chi connectivity index (χ1) is 9.56. The predicted molar refractivity (Wildman–Crippen MR) is 77.0 cm³/mol. The molecule has 2 amide bonds. The van der Waals surface area contributed by atoms with Gasteiger partial charge in [-0.05, 0) is 31.7 Å². The molecule has 0 aliphatic carbocycles. The molecule has 2 fully saturated rings. The highest BCUT2D eigenvalue weighted by Crippen LogP contribution is 2.17. The third-order valence-electron chi connectivity index (χ3n) is 4.24. The van der Waals surface area contributed by atoms with Crippen LogP contribution in [0.2, 0.25) is 0 Å². The van der Waals surface area contributed by atoms with Gasteiger partial charge in [-0.25, -0.2) is 0 Å². The summed E-state index contributed by atoms with van der Waals surface area (Å²) in [7, 11) is 0. The van der Waals surface area contributed by atoms with E-state index in [4.69, 9.17) is 5.73 Å². The first kappa shape index (κ1) is 15.3. The maximum Gasteiger partial charge on any atom is 0.239 e. The Hall–Kier alpha value is -1.14. The number of nitrogens with two attached hydrogens (primary N) is 1. The highest BCUT2D eigenvalue weighted by atomic mass is 16.2. The van der Waals surface area contributed by atoms with Gasteiger partial charge in [-0.1, -0.05) is 6.92 Å². The minimum Gasteiger partial charge on any atom is -0.369 e. The second-order valence-electron chi connectivity index (χ2n) is 6.06. The molecule has 0 aromatic rings. The molecule has 2 aliphatic rings. The van der Waals surface area contributed by atoms with Gasteiger partial charge in [0.05, 0.1) is 12.6 Å². The molecule has 3 N–H and O–H groups in total. The number of primary amides is 1. The Morgan fingerprint density at radius 3 is 2.75 bits per heavy atom. The van der Waals surface area contributed by atoms with E-state index in [1.54, 1.807) is 0 Å². The number of hydrogen-bond donors (Lipinski definition) is 2. The van der Waals surface area contributed by atoms with Crippen LogP contribution in [0.3, 0.4) is 0 Å². The molecule has 6 heteroatoms. The van der Waals surface area contributed by atoms with Crippen LogP contribution in [-0.4, -0.2) is 66.9 Å². The van der Waals surface area contributed by atoms with Crippen LogP contribution in [0.5, 0.6) is 0 Å². The summed E-state index contributed by atoms with van der Waals surface area (Å²) in [6.45, 7) is 6.47. The van der Waals surface area contributed by atoms with E-state index in [-0.39, 0.29) is 17.9 Å². The van der Waals surface area contributed by atoms with E-state index < -0.39 is 0 Å². The topological polar surface area (TPSA) is 78.7 Å². The molecule has 2 atom stereocenters. The number of hydrogen-bond acceptors (Lipinski definition) is 4. The maximum atomic E-state index is 12.5. The summed E-state index contributed by atoms with van der Waals surface area (Å²) < 4.78 is 0. The third kappa shape index (κ3) is 4.18. The number of amides is 2. The Bertz CT molecular complexity index is 361. The van der Waals surface area contributed by atoms with E-state index in [0.717, 1.165) is 45.4 Å². The predicted octanol–water partition coefficient (Wildman–Crippen LogP) is -0.606. The zero-order valence-electron chi connectivity index (χ0n) is 12.3. The lowest BCUT2D eigenvalue weighted by molar-refractivity contribution is -0.134. The van der Waals surface area contributed by atoms with Crippen LogP contribution in [-0.2, 0) is 9.59 Å². The summed E-state index contributed by atoms with van der Waals surface area (Å²) in [5, 5.41) is 3.33. The van der Waals surface area contributed by atoms with Crippen molar-refractivity contribution in [3.05, 3.63) is 0 Å². The van der Waals surface area contributed by atoms with Gasteiger partial charge in [0.1, 0.15) is 0 Å².